The second-order valence-electron chi connectivity index (χ2n) is 4.42. The van der Waals surface area contributed by atoms with Crippen LogP contribution in [0.25, 0.3) is 0 Å². The molecule has 2 heterocycles. The highest BCUT2D eigenvalue weighted by Crippen LogP contribution is 2.27. The van der Waals surface area contributed by atoms with Crippen molar-refractivity contribution in [1.29, 1.82) is 0 Å². The Morgan fingerprint density at radius 3 is 2.88 bits per heavy atom. The van der Waals surface area contributed by atoms with Gasteiger partial charge < -0.3 is 14.5 Å². The average Bonchev–Trinajstić information content (AvgIpc) is 2.83. The third-order valence-electron chi connectivity index (χ3n) is 3.25. The van der Waals surface area contributed by atoms with Crippen molar-refractivity contribution in [2.75, 3.05) is 19.8 Å². The van der Waals surface area contributed by atoms with Crippen molar-refractivity contribution in [1.82, 2.24) is 5.32 Å². The lowest BCUT2D eigenvalue weighted by molar-refractivity contribution is 0.0597. The molecule has 0 saturated carbocycles. The Hall–Kier alpha value is -0.800. The van der Waals surface area contributed by atoms with Crippen LogP contribution < -0.4 is 5.32 Å². The highest BCUT2D eigenvalue weighted by molar-refractivity contribution is 5.04. The van der Waals surface area contributed by atoms with Crippen LogP contribution >= 0.6 is 0 Å². The number of rotatable bonds is 5. The largest absolute Gasteiger partial charge is 0.468 e. The first-order chi connectivity index (χ1) is 7.90. The molecule has 2 rings (SSSR count). The molecule has 0 bridgehead atoms. The first-order valence-corrected chi connectivity index (χ1v) is 6.24. The molecule has 0 radical (unpaired) electrons. The molecule has 0 amide bonds. The third-order valence-corrected chi connectivity index (χ3v) is 3.25. The summed E-state index contributed by atoms with van der Waals surface area (Å²) in [5.41, 5.74) is 0. The Bertz CT molecular complexity index is 278. The van der Waals surface area contributed by atoms with E-state index in [1.165, 1.54) is 12.8 Å². The molecule has 1 aromatic rings. The summed E-state index contributed by atoms with van der Waals surface area (Å²) in [6.45, 7) is 4.96. The number of nitrogens with one attached hydrogen (secondary N) is 1. The zero-order valence-electron chi connectivity index (χ0n) is 9.95. The van der Waals surface area contributed by atoms with E-state index in [1.807, 2.05) is 6.07 Å². The van der Waals surface area contributed by atoms with Crippen molar-refractivity contribution in [3.05, 3.63) is 24.2 Å². The molecule has 16 heavy (non-hydrogen) atoms. The summed E-state index contributed by atoms with van der Waals surface area (Å²) in [5.74, 6) is 1.83. The van der Waals surface area contributed by atoms with Crippen molar-refractivity contribution in [3.8, 4) is 0 Å². The lowest BCUT2D eigenvalue weighted by Crippen LogP contribution is -2.25. The van der Waals surface area contributed by atoms with Gasteiger partial charge in [0.15, 0.2) is 0 Å². The van der Waals surface area contributed by atoms with Crippen molar-refractivity contribution >= 4 is 0 Å². The van der Waals surface area contributed by atoms with Gasteiger partial charge in [0, 0.05) is 13.2 Å². The van der Waals surface area contributed by atoms with E-state index in [1.54, 1.807) is 6.26 Å². The Morgan fingerprint density at radius 1 is 1.44 bits per heavy atom. The normalized spacial score (nSPS) is 19.8. The lowest BCUT2D eigenvalue weighted by atomic mass is 9.91. The van der Waals surface area contributed by atoms with Gasteiger partial charge in [-0.25, -0.2) is 0 Å². The van der Waals surface area contributed by atoms with E-state index < -0.39 is 0 Å². The van der Waals surface area contributed by atoms with Gasteiger partial charge in [-0.3, -0.25) is 0 Å². The topological polar surface area (TPSA) is 34.4 Å². The molecule has 1 aliphatic rings. The fourth-order valence-electron chi connectivity index (χ4n) is 2.35. The van der Waals surface area contributed by atoms with Crippen LogP contribution in [0.5, 0.6) is 0 Å². The predicted molar refractivity (Wildman–Crippen MR) is 63.3 cm³/mol. The molecule has 1 unspecified atom stereocenters. The Kier molecular flexibility index (Phi) is 4.43. The lowest BCUT2D eigenvalue weighted by Gasteiger charge is -2.26. The first kappa shape index (κ1) is 11.7. The molecule has 3 heteroatoms. The summed E-state index contributed by atoms with van der Waals surface area (Å²) in [6, 6.07) is 4.39. The van der Waals surface area contributed by atoms with Crippen LogP contribution in [0.15, 0.2) is 22.8 Å². The number of furan rings is 1. The number of hydrogen-bond acceptors (Lipinski definition) is 3. The Labute approximate surface area is 97.2 Å². The fourth-order valence-corrected chi connectivity index (χ4v) is 2.35. The van der Waals surface area contributed by atoms with E-state index >= 15 is 0 Å². The van der Waals surface area contributed by atoms with Gasteiger partial charge in [0.1, 0.15) is 5.76 Å². The van der Waals surface area contributed by atoms with Gasteiger partial charge in [-0.2, -0.15) is 0 Å². The molecular formula is C13H21NO2. The molecule has 0 aliphatic carbocycles. The number of hydrogen-bond donors (Lipinski definition) is 1. The molecule has 1 saturated heterocycles. The van der Waals surface area contributed by atoms with Crippen molar-refractivity contribution in [2.45, 2.75) is 32.2 Å². The van der Waals surface area contributed by atoms with Crippen LogP contribution in [0, 0.1) is 5.92 Å². The quantitative estimate of drug-likeness (QED) is 0.833. The highest BCUT2D eigenvalue weighted by atomic mass is 16.5. The molecule has 1 atom stereocenters. The molecule has 90 valence electrons. The molecule has 1 aliphatic heterocycles. The zero-order valence-corrected chi connectivity index (χ0v) is 9.95. The van der Waals surface area contributed by atoms with Gasteiger partial charge >= 0.3 is 0 Å². The molecule has 3 nitrogen and oxygen atoms in total. The van der Waals surface area contributed by atoms with Gasteiger partial charge in [-0.15, -0.1) is 0 Å². The second kappa shape index (κ2) is 6.06. The SMILES string of the molecule is CCNC(CC1CCOCC1)c1ccco1. The van der Waals surface area contributed by atoms with Crippen molar-refractivity contribution in [3.63, 3.8) is 0 Å². The first-order valence-electron chi connectivity index (χ1n) is 6.24. The molecule has 1 aromatic heterocycles. The maximum absolute atomic E-state index is 5.50. The van der Waals surface area contributed by atoms with Crippen LogP contribution in [0.1, 0.15) is 38.0 Å². The molecular weight excluding hydrogens is 202 g/mol. The van der Waals surface area contributed by atoms with Gasteiger partial charge in [-0.05, 0) is 43.9 Å². The van der Waals surface area contributed by atoms with Gasteiger partial charge in [-0.1, -0.05) is 6.92 Å². The second-order valence-corrected chi connectivity index (χ2v) is 4.42. The average molecular weight is 223 g/mol. The van der Waals surface area contributed by atoms with Crippen molar-refractivity contribution in [2.24, 2.45) is 5.92 Å². The highest BCUT2D eigenvalue weighted by Gasteiger charge is 2.21. The maximum atomic E-state index is 5.50. The van der Waals surface area contributed by atoms with Crippen molar-refractivity contribution < 1.29 is 9.15 Å². The maximum Gasteiger partial charge on any atom is 0.120 e. The van der Waals surface area contributed by atoms with Crippen LogP contribution in [0.2, 0.25) is 0 Å². The summed E-state index contributed by atoms with van der Waals surface area (Å²) in [7, 11) is 0. The van der Waals surface area contributed by atoms with E-state index in [2.05, 4.69) is 18.3 Å². The Morgan fingerprint density at radius 2 is 2.25 bits per heavy atom. The fraction of sp³-hybridized carbons (Fsp3) is 0.692. The standard InChI is InChI=1S/C13H21NO2/c1-2-14-12(13-4-3-7-16-13)10-11-5-8-15-9-6-11/h3-4,7,11-12,14H,2,5-6,8-10H2,1H3. The van der Waals surface area contributed by atoms with Gasteiger partial charge in [0.2, 0.25) is 0 Å². The van der Waals surface area contributed by atoms with E-state index in [0.717, 1.165) is 37.9 Å². The smallest absolute Gasteiger partial charge is 0.120 e. The predicted octanol–water partition coefficient (Wildman–Crippen LogP) is 2.75. The number of ether oxygens (including phenoxy) is 1. The van der Waals surface area contributed by atoms with Crippen LogP contribution in [-0.2, 0) is 4.74 Å². The van der Waals surface area contributed by atoms with E-state index in [-0.39, 0.29) is 0 Å². The van der Waals surface area contributed by atoms with Gasteiger partial charge in [0.05, 0.1) is 12.3 Å². The van der Waals surface area contributed by atoms with Gasteiger partial charge in [0.25, 0.3) is 0 Å². The summed E-state index contributed by atoms with van der Waals surface area (Å²) in [4.78, 5) is 0. The minimum absolute atomic E-state index is 0.364. The third kappa shape index (κ3) is 3.09. The minimum Gasteiger partial charge on any atom is -0.468 e. The summed E-state index contributed by atoms with van der Waals surface area (Å²) >= 11 is 0. The summed E-state index contributed by atoms with van der Waals surface area (Å²) in [5, 5.41) is 3.50. The van der Waals surface area contributed by atoms with Crippen LogP contribution in [0.4, 0.5) is 0 Å². The van der Waals surface area contributed by atoms with E-state index in [0.29, 0.717) is 6.04 Å². The summed E-state index contributed by atoms with van der Waals surface area (Å²) in [6.07, 6.45) is 5.28. The van der Waals surface area contributed by atoms with E-state index in [4.69, 9.17) is 9.15 Å². The molecule has 1 fully saturated rings. The summed E-state index contributed by atoms with van der Waals surface area (Å²) < 4.78 is 10.9. The minimum atomic E-state index is 0.364. The van der Waals surface area contributed by atoms with Crippen LogP contribution in [0.3, 0.4) is 0 Å². The van der Waals surface area contributed by atoms with Crippen LogP contribution in [-0.4, -0.2) is 19.8 Å². The monoisotopic (exact) mass is 223 g/mol. The Balaban J connectivity index is 1.91. The molecule has 0 aromatic carbocycles. The molecule has 1 N–H and O–H groups in total. The molecule has 0 spiro atoms. The van der Waals surface area contributed by atoms with E-state index in [9.17, 15) is 0 Å². The zero-order chi connectivity index (χ0) is 11.2.